The first kappa shape index (κ1) is 28.9. The molecule has 0 radical (unpaired) electrons. The Morgan fingerprint density at radius 1 is 1.05 bits per heavy atom. The second kappa shape index (κ2) is 13.3. The number of thioether (sulfide) groups is 1. The van der Waals surface area contributed by atoms with Gasteiger partial charge in [0, 0.05) is 23.5 Å². The molecule has 0 saturated carbocycles. The van der Waals surface area contributed by atoms with E-state index in [1.54, 1.807) is 18.0 Å². The summed E-state index contributed by atoms with van der Waals surface area (Å²) in [6.45, 7) is 5.33. The molecule has 0 bridgehead atoms. The number of para-hydroxylation sites is 1. The second-order valence-electron chi connectivity index (χ2n) is 9.28. The van der Waals surface area contributed by atoms with Gasteiger partial charge >= 0.3 is 6.36 Å². The number of amidine groups is 2. The van der Waals surface area contributed by atoms with Gasteiger partial charge in [0.25, 0.3) is 0 Å². The number of benzene rings is 3. The lowest BCUT2D eigenvalue weighted by Gasteiger charge is -2.21. The van der Waals surface area contributed by atoms with Crippen LogP contribution in [0.15, 0.2) is 93.0 Å². The highest BCUT2D eigenvalue weighted by atomic mass is 32.2. The topological polar surface area (TPSA) is 87.9 Å². The van der Waals surface area contributed by atoms with Gasteiger partial charge in [-0.15, -0.1) is 18.3 Å². The summed E-state index contributed by atoms with van der Waals surface area (Å²) in [5.74, 6) is 1.43. The van der Waals surface area contributed by atoms with Gasteiger partial charge in [-0.25, -0.2) is 9.98 Å². The summed E-state index contributed by atoms with van der Waals surface area (Å²) in [6, 6.07) is 20.9. The maximum absolute atomic E-state index is 12.3. The van der Waals surface area contributed by atoms with E-state index in [0.717, 1.165) is 29.4 Å². The van der Waals surface area contributed by atoms with E-state index in [1.165, 1.54) is 41.9 Å². The van der Waals surface area contributed by atoms with E-state index in [1.807, 2.05) is 24.3 Å². The summed E-state index contributed by atoms with van der Waals surface area (Å²) in [5.41, 5.74) is 10.5. The van der Waals surface area contributed by atoms with Crippen LogP contribution in [-0.4, -0.2) is 42.2 Å². The van der Waals surface area contributed by atoms with Crippen molar-refractivity contribution in [3.63, 3.8) is 0 Å². The number of halogens is 3. The Morgan fingerprint density at radius 2 is 1.77 bits per heavy atom. The SMILES string of the molecule is CC(C)Cc1ccccc1N1CCS/C1=N\N=C\c1ccc(C(N)=NC=Nc2ccc(OC(F)(F)F)cc2)cc1. The standard InChI is InChI=1S/C29H29F3N6OS/c1-20(2)17-23-5-3-4-6-26(23)38-15-16-40-28(38)37-36-18-21-7-9-22(10-8-21)27(33)35-19-34-24-11-13-25(14-12-24)39-29(30,31)32/h3-14,18-20H,15-17H2,1-2H3,(H2,33,34,35)/b36-18+,37-28-. The summed E-state index contributed by atoms with van der Waals surface area (Å²) in [4.78, 5) is 10.4. The molecule has 40 heavy (non-hydrogen) atoms. The Kier molecular flexibility index (Phi) is 9.60. The highest BCUT2D eigenvalue weighted by Gasteiger charge is 2.31. The number of anilines is 1. The van der Waals surface area contributed by atoms with E-state index >= 15 is 0 Å². The van der Waals surface area contributed by atoms with Crippen molar-refractivity contribution in [3.05, 3.63) is 89.5 Å². The largest absolute Gasteiger partial charge is 0.573 e. The molecule has 2 N–H and O–H groups in total. The maximum Gasteiger partial charge on any atom is 0.573 e. The van der Waals surface area contributed by atoms with Crippen LogP contribution in [-0.2, 0) is 6.42 Å². The van der Waals surface area contributed by atoms with Gasteiger partial charge in [0.1, 0.15) is 17.9 Å². The first-order valence-corrected chi connectivity index (χ1v) is 13.6. The molecule has 7 nitrogen and oxygen atoms in total. The van der Waals surface area contributed by atoms with Gasteiger partial charge in [0.2, 0.25) is 0 Å². The predicted octanol–water partition coefficient (Wildman–Crippen LogP) is 6.79. The fourth-order valence-electron chi connectivity index (χ4n) is 3.95. The quantitative estimate of drug-likeness (QED) is 0.175. The first-order chi connectivity index (χ1) is 19.2. The fraction of sp³-hybridized carbons (Fsp3) is 0.241. The fourth-order valence-corrected chi connectivity index (χ4v) is 4.85. The number of alkyl halides is 3. The molecule has 1 saturated heterocycles. The van der Waals surface area contributed by atoms with Crippen LogP contribution in [0.25, 0.3) is 0 Å². The van der Waals surface area contributed by atoms with Crippen LogP contribution in [0, 0.1) is 5.92 Å². The monoisotopic (exact) mass is 566 g/mol. The molecule has 0 spiro atoms. The molecule has 3 aromatic carbocycles. The van der Waals surface area contributed by atoms with Gasteiger partial charge < -0.3 is 15.4 Å². The maximum atomic E-state index is 12.3. The van der Waals surface area contributed by atoms with Crippen LogP contribution in [0.5, 0.6) is 5.75 Å². The number of rotatable bonds is 9. The highest BCUT2D eigenvalue weighted by molar-refractivity contribution is 8.14. The minimum atomic E-state index is -4.74. The number of hydrogen-bond acceptors (Lipinski definition) is 5. The van der Waals surface area contributed by atoms with Crippen molar-refractivity contribution >= 4 is 46.7 Å². The Morgan fingerprint density at radius 3 is 2.48 bits per heavy atom. The van der Waals surface area contributed by atoms with E-state index < -0.39 is 6.36 Å². The van der Waals surface area contributed by atoms with Crippen molar-refractivity contribution < 1.29 is 17.9 Å². The lowest BCUT2D eigenvalue weighted by molar-refractivity contribution is -0.274. The van der Waals surface area contributed by atoms with E-state index in [0.29, 0.717) is 17.2 Å². The molecule has 1 aliphatic rings. The van der Waals surface area contributed by atoms with Crippen LogP contribution in [0.4, 0.5) is 24.5 Å². The average Bonchev–Trinajstić information content (AvgIpc) is 3.37. The molecular formula is C29H29F3N6OS. The van der Waals surface area contributed by atoms with Crippen molar-refractivity contribution in [2.45, 2.75) is 26.6 Å². The Bertz CT molecular complexity index is 1400. The smallest absolute Gasteiger partial charge is 0.406 e. The second-order valence-corrected chi connectivity index (χ2v) is 10.3. The number of nitrogens with two attached hydrogens (primary N) is 1. The van der Waals surface area contributed by atoms with E-state index in [9.17, 15) is 13.2 Å². The van der Waals surface area contributed by atoms with Crippen LogP contribution in [0.1, 0.15) is 30.5 Å². The van der Waals surface area contributed by atoms with Gasteiger partial charge in [-0.05, 0) is 53.8 Å². The van der Waals surface area contributed by atoms with Crippen molar-refractivity contribution in [2.24, 2.45) is 31.8 Å². The number of ether oxygens (including phenoxy) is 1. The van der Waals surface area contributed by atoms with Crippen molar-refractivity contribution in [1.82, 2.24) is 0 Å². The van der Waals surface area contributed by atoms with Crippen molar-refractivity contribution in [1.29, 1.82) is 0 Å². The lowest BCUT2D eigenvalue weighted by Crippen LogP contribution is -2.25. The molecule has 1 aliphatic heterocycles. The summed E-state index contributed by atoms with van der Waals surface area (Å²) < 4.78 is 40.6. The molecule has 1 heterocycles. The molecule has 0 atom stereocenters. The molecule has 3 aromatic rings. The third kappa shape index (κ3) is 8.44. The summed E-state index contributed by atoms with van der Waals surface area (Å²) in [6.07, 6.45) is -0.805. The van der Waals surface area contributed by atoms with Gasteiger partial charge in [-0.3, -0.25) is 0 Å². The highest BCUT2D eigenvalue weighted by Crippen LogP contribution is 2.30. The molecule has 0 aromatic heterocycles. The normalized spacial score (nSPS) is 15.7. The molecule has 0 aliphatic carbocycles. The predicted molar refractivity (Wildman–Crippen MR) is 158 cm³/mol. The Hall–Kier alpha value is -4.12. The number of nitrogens with zero attached hydrogens (tertiary/aromatic N) is 5. The van der Waals surface area contributed by atoms with Gasteiger partial charge in [0.15, 0.2) is 5.17 Å². The molecule has 0 unspecified atom stereocenters. The lowest BCUT2D eigenvalue weighted by atomic mass is 10.0. The van der Waals surface area contributed by atoms with Gasteiger partial charge in [0.05, 0.1) is 11.9 Å². The number of hydrogen-bond donors (Lipinski definition) is 1. The molecule has 4 rings (SSSR count). The van der Waals surface area contributed by atoms with Crippen LogP contribution >= 0.6 is 11.8 Å². The molecular weight excluding hydrogens is 537 g/mol. The number of aliphatic imine (C=N–C) groups is 2. The Labute approximate surface area is 235 Å². The third-order valence-electron chi connectivity index (χ3n) is 5.72. The van der Waals surface area contributed by atoms with Crippen molar-refractivity contribution in [3.8, 4) is 5.75 Å². The Balaban J connectivity index is 1.37. The summed E-state index contributed by atoms with van der Waals surface area (Å²) >= 11 is 1.69. The molecule has 0 amide bonds. The average molecular weight is 567 g/mol. The van der Waals surface area contributed by atoms with Crippen LogP contribution in [0.2, 0.25) is 0 Å². The van der Waals surface area contributed by atoms with Gasteiger partial charge in [-0.1, -0.05) is 68.1 Å². The zero-order valence-electron chi connectivity index (χ0n) is 22.0. The zero-order chi connectivity index (χ0) is 28.5. The van der Waals surface area contributed by atoms with Crippen molar-refractivity contribution in [2.75, 3.05) is 17.2 Å². The zero-order valence-corrected chi connectivity index (χ0v) is 22.9. The minimum absolute atomic E-state index is 0.238. The first-order valence-electron chi connectivity index (χ1n) is 12.6. The van der Waals surface area contributed by atoms with Gasteiger partial charge in [-0.2, -0.15) is 5.10 Å². The molecule has 11 heteroatoms. The summed E-state index contributed by atoms with van der Waals surface area (Å²) in [7, 11) is 0. The summed E-state index contributed by atoms with van der Waals surface area (Å²) in [5, 5.41) is 9.69. The van der Waals surface area contributed by atoms with Crippen LogP contribution in [0.3, 0.4) is 0 Å². The molecule has 1 fully saturated rings. The third-order valence-corrected chi connectivity index (χ3v) is 6.66. The van der Waals surface area contributed by atoms with E-state index in [4.69, 9.17) is 5.73 Å². The van der Waals surface area contributed by atoms with E-state index in [2.05, 4.69) is 67.9 Å². The van der Waals surface area contributed by atoms with Crippen LogP contribution < -0.4 is 15.4 Å². The minimum Gasteiger partial charge on any atom is -0.406 e. The molecule has 208 valence electrons. The van der Waals surface area contributed by atoms with E-state index in [-0.39, 0.29) is 11.6 Å².